The molecule has 0 spiro atoms. The Morgan fingerprint density at radius 2 is 1.93 bits per heavy atom. The highest BCUT2D eigenvalue weighted by Gasteiger charge is 2.35. The number of hydrogen-bond donors (Lipinski definition) is 1. The van der Waals surface area contributed by atoms with Gasteiger partial charge in [-0.2, -0.15) is 23.1 Å². The molecular formula is C27H29ClF3N7O2. The fraction of sp³-hybridized carbons (Fsp3) is 0.407. The molecule has 5 rings (SSSR count). The number of rotatable bonds is 6. The van der Waals surface area contributed by atoms with Crippen LogP contribution in [0, 0.1) is 0 Å². The van der Waals surface area contributed by atoms with E-state index in [-0.39, 0.29) is 40.1 Å². The Kier molecular flexibility index (Phi) is 7.74. The van der Waals surface area contributed by atoms with Crippen LogP contribution in [-0.4, -0.2) is 83.1 Å². The van der Waals surface area contributed by atoms with E-state index in [0.717, 1.165) is 31.5 Å². The Balaban J connectivity index is 1.58. The molecule has 1 atom stereocenters. The molecule has 1 unspecified atom stereocenters. The van der Waals surface area contributed by atoms with Gasteiger partial charge in [-0.05, 0) is 56.8 Å². The maximum Gasteiger partial charge on any atom is 0.418 e. The number of carbonyl (C=O) groups excluding carboxylic acids is 1. The number of halogens is 4. The molecule has 2 saturated heterocycles. The Bertz CT molecular complexity index is 1440. The molecule has 0 saturated carbocycles. The first-order valence-electron chi connectivity index (χ1n) is 12.9. The van der Waals surface area contributed by atoms with Gasteiger partial charge in [-0.1, -0.05) is 18.2 Å². The number of nitrogens with zero attached hydrogens (tertiary/aromatic N) is 6. The Morgan fingerprint density at radius 3 is 2.58 bits per heavy atom. The number of nitrogen functional groups attached to an aromatic ring is 1. The lowest BCUT2D eigenvalue weighted by molar-refractivity contribution is -0.137. The predicted molar refractivity (Wildman–Crippen MR) is 147 cm³/mol. The van der Waals surface area contributed by atoms with Gasteiger partial charge in [-0.15, -0.1) is 0 Å². The van der Waals surface area contributed by atoms with Gasteiger partial charge in [0.25, 0.3) is 0 Å². The summed E-state index contributed by atoms with van der Waals surface area (Å²) in [6, 6.07) is 5.32. The summed E-state index contributed by atoms with van der Waals surface area (Å²) in [5.74, 6) is 0.300. The number of anilines is 2. The van der Waals surface area contributed by atoms with Gasteiger partial charge in [-0.25, -0.2) is 4.98 Å². The minimum absolute atomic E-state index is 0.0429. The van der Waals surface area contributed by atoms with Crippen molar-refractivity contribution < 1.29 is 22.7 Å². The minimum Gasteiger partial charge on any atom is -0.462 e. The summed E-state index contributed by atoms with van der Waals surface area (Å²) in [6.07, 6.45) is -1.34. The fourth-order valence-corrected chi connectivity index (χ4v) is 5.39. The number of likely N-dealkylation sites (N-methyl/N-ethyl adjacent to an activating group) is 1. The van der Waals surface area contributed by atoms with E-state index in [1.807, 2.05) is 11.9 Å². The number of benzene rings is 1. The van der Waals surface area contributed by atoms with Crippen LogP contribution in [0.25, 0.3) is 22.2 Å². The lowest BCUT2D eigenvalue weighted by Gasteiger charge is -2.35. The first-order valence-corrected chi connectivity index (χ1v) is 13.3. The SMILES string of the molecule is C=CC(=O)N1CCN(c2nc(OCC3CCCN3C)nc3cc(-c4nc(N)ccc4C(F)(F)F)c(Cl)cc23)CC1. The minimum atomic E-state index is -4.67. The van der Waals surface area contributed by atoms with E-state index in [2.05, 4.69) is 21.4 Å². The zero-order valence-electron chi connectivity index (χ0n) is 21.9. The number of hydrogen-bond acceptors (Lipinski definition) is 8. The number of alkyl halides is 3. The molecule has 2 aliphatic rings. The van der Waals surface area contributed by atoms with Crippen LogP contribution in [0.3, 0.4) is 0 Å². The third-order valence-electron chi connectivity index (χ3n) is 7.36. The first-order chi connectivity index (χ1) is 19.0. The second-order valence-corrected chi connectivity index (χ2v) is 10.3. The van der Waals surface area contributed by atoms with Crippen molar-refractivity contribution >= 4 is 40.0 Å². The van der Waals surface area contributed by atoms with Crippen molar-refractivity contribution in [2.75, 3.05) is 57.0 Å². The van der Waals surface area contributed by atoms with Crippen LogP contribution in [0.5, 0.6) is 6.01 Å². The van der Waals surface area contributed by atoms with Gasteiger partial charge >= 0.3 is 12.2 Å². The summed E-state index contributed by atoms with van der Waals surface area (Å²) < 4.78 is 47.6. The summed E-state index contributed by atoms with van der Waals surface area (Å²) >= 11 is 6.59. The van der Waals surface area contributed by atoms with Gasteiger partial charge in [0.2, 0.25) is 5.91 Å². The highest BCUT2D eigenvalue weighted by molar-refractivity contribution is 6.34. The number of amides is 1. The van der Waals surface area contributed by atoms with Crippen molar-refractivity contribution in [1.29, 1.82) is 0 Å². The molecule has 212 valence electrons. The molecule has 13 heteroatoms. The summed E-state index contributed by atoms with van der Waals surface area (Å²) in [4.78, 5) is 31.2. The number of fused-ring (bicyclic) bond motifs is 1. The number of piperazine rings is 1. The maximum absolute atomic E-state index is 13.9. The van der Waals surface area contributed by atoms with E-state index in [4.69, 9.17) is 27.1 Å². The molecule has 0 radical (unpaired) electrons. The van der Waals surface area contributed by atoms with Crippen LogP contribution in [0.2, 0.25) is 5.02 Å². The van der Waals surface area contributed by atoms with Crippen molar-refractivity contribution in [3.8, 4) is 17.3 Å². The molecule has 4 heterocycles. The quantitative estimate of drug-likeness (QED) is 0.435. The van der Waals surface area contributed by atoms with Crippen LogP contribution in [0.4, 0.5) is 24.8 Å². The molecule has 9 nitrogen and oxygen atoms in total. The highest BCUT2D eigenvalue weighted by Crippen LogP contribution is 2.41. The largest absolute Gasteiger partial charge is 0.462 e. The predicted octanol–water partition coefficient (Wildman–Crippen LogP) is 4.25. The molecule has 3 aromatic rings. The number of aromatic nitrogens is 3. The summed E-state index contributed by atoms with van der Waals surface area (Å²) in [5, 5.41) is 0.586. The van der Waals surface area contributed by atoms with Gasteiger partial charge < -0.3 is 25.2 Å². The lowest BCUT2D eigenvalue weighted by atomic mass is 10.0. The van der Waals surface area contributed by atoms with Crippen molar-refractivity contribution in [1.82, 2.24) is 24.8 Å². The van der Waals surface area contributed by atoms with Crippen molar-refractivity contribution in [3.05, 3.63) is 47.5 Å². The van der Waals surface area contributed by atoms with E-state index in [1.54, 1.807) is 11.0 Å². The Hall–Kier alpha value is -3.64. The Labute approximate surface area is 234 Å². The van der Waals surface area contributed by atoms with Crippen molar-refractivity contribution in [2.24, 2.45) is 0 Å². The smallest absolute Gasteiger partial charge is 0.418 e. The van der Waals surface area contributed by atoms with Crippen molar-refractivity contribution in [3.63, 3.8) is 0 Å². The van der Waals surface area contributed by atoms with E-state index >= 15 is 0 Å². The monoisotopic (exact) mass is 575 g/mol. The molecule has 2 N–H and O–H groups in total. The Morgan fingerprint density at radius 1 is 1.18 bits per heavy atom. The van der Waals surface area contributed by atoms with Crippen molar-refractivity contribution in [2.45, 2.75) is 25.1 Å². The number of pyridine rings is 1. The summed E-state index contributed by atoms with van der Waals surface area (Å²) in [6.45, 7) is 6.76. The first kappa shape index (κ1) is 27.9. The molecule has 2 aliphatic heterocycles. The molecule has 40 heavy (non-hydrogen) atoms. The summed E-state index contributed by atoms with van der Waals surface area (Å²) in [7, 11) is 2.03. The van der Waals surface area contributed by atoms with E-state index in [1.165, 1.54) is 12.1 Å². The third kappa shape index (κ3) is 5.64. The average Bonchev–Trinajstić information content (AvgIpc) is 3.34. The van der Waals surface area contributed by atoms with Gasteiger partial charge in [-0.3, -0.25) is 4.79 Å². The molecule has 0 aliphatic carbocycles. The number of carbonyl (C=O) groups is 1. The molecule has 1 aromatic carbocycles. The van der Waals surface area contributed by atoms with Crippen LogP contribution in [0.15, 0.2) is 36.9 Å². The molecule has 2 fully saturated rings. The normalized spacial score (nSPS) is 18.4. The zero-order valence-corrected chi connectivity index (χ0v) is 22.7. The number of nitrogens with two attached hydrogens (primary N) is 1. The third-order valence-corrected chi connectivity index (χ3v) is 7.68. The van der Waals surface area contributed by atoms with E-state index < -0.39 is 11.7 Å². The fourth-order valence-electron chi connectivity index (χ4n) is 5.14. The second-order valence-electron chi connectivity index (χ2n) is 9.91. The van der Waals surface area contributed by atoms with E-state index in [0.29, 0.717) is 49.5 Å². The number of ether oxygens (including phenoxy) is 1. The van der Waals surface area contributed by atoms with Crippen LogP contribution in [-0.2, 0) is 11.0 Å². The highest BCUT2D eigenvalue weighted by atomic mass is 35.5. The maximum atomic E-state index is 13.9. The average molecular weight is 576 g/mol. The zero-order chi connectivity index (χ0) is 28.6. The lowest BCUT2D eigenvalue weighted by Crippen LogP contribution is -2.48. The molecule has 1 amide bonds. The standard InChI is InChI=1S/C27H29ClF3N7O2/c1-3-23(39)37-9-11-38(12-10-37)25-18-13-20(28)17(24-19(27(29,30)31)6-7-22(32)34-24)14-21(18)33-26(35-25)40-15-16-5-4-8-36(16)2/h3,6-7,13-14,16H,1,4-5,8-12,15H2,2H3,(H2,32,34). The van der Waals surface area contributed by atoms with Crippen LogP contribution < -0.4 is 15.4 Å². The van der Waals surface area contributed by atoms with Crippen LogP contribution in [0.1, 0.15) is 18.4 Å². The molecule has 0 bridgehead atoms. The topological polar surface area (TPSA) is 101 Å². The van der Waals surface area contributed by atoms with Gasteiger partial charge in [0, 0.05) is 43.2 Å². The van der Waals surface area contributed by atoms with Gasteiger partial charge in [0.05, 0.1) is 21.8 Å². The second kappa shape index (κ2) is 11.1. The molecular weight excluding hydrogens is 547 g/mol. The van der Waals surface area contributed by atoms with E-state index in [9.17, 15) is 18.0 Å². The molecule has 2 aromatic heterocycles. The number of likely N-dealkylation sites (tertiary alicyclic amines) is 1. The summed E-state index contributed by atoms with van der Waals surface area (Å²) in [5.41, 5.74) is 4.81. The van der Waals surface area contributed by atoms with Crippen LogP contribution >= 0.6 is 11.6 Å². The van der Waals surface area contributed by atoms with Gasteiger partial charge in [0.15, 0.2) is 0 Å². The van der Waals surface area contributed by atoms with Gasteiger partial charge in [0.1, 0.15) is 18.2 Å².